The van der Waals surface area contributed by atoms with Crippen molar-refractivity contribution < 1.29 is 13.5 Å². The highest BCUT2D eigenvalue weighted by Gasteiger charge is 2.39. The quantitative estimate of drug-likeness (QED) is 0.757. The highest BCUT2D eigenvalue weighted by atomic mass is 19.3. The van der Waals surface area contributed by atoms with E-state index in [2.05, 4.69) is 0 Å². The first-order valence-corrected chi connectivity index (χ1v) is 5.71. The van der Waals surface area contributed by atoms with Gasteiger partial charge >= 0.3 is 0 Å². The summed E-state index contributed by atoms with van der Waals surface area (Å²) in [5.74, 6) is -1.66. The number of ether oxygens (including phenoxy) is 1. The fourth-order valence-electron chi connectivity index (χ4n) is 2.24. The molecular formula is C13H16F2O. The topological polar surface area (TPSA) is 9.23 Å². The molecule has 1 nitrogen and oxygen atoms in total. The summed E-state index contributed by atoms with van der Waals surface area (Å²) >= 11 is 0. The molecule has 16 heavy (non-hydrogen) atoms. The van der Waals surface area contributed by atoms with E-state index in [1.54, 1.807) is 0 Å². The van der Waals surface area contributed by atoms with Gasteiger partial charge in [-0.25, -0.2) is 8.78 Å². The molecule has 0 saturated heterocycles. The van der Waals surface area contributed by atoms with Gasteiger partial charge in [0, 0.05) is 12.8 Å². The molecule has 0 aromatic heterocycles. The van der Waals surface area contributed by atoms with Gasteiger partial charge in [0.1, 0.15) is 5.75 Å². The van der Waals surface area contributed by atoms with Gasteiger partial charge in [0.2, 0.25) is 5.92 Å². The monoisotopic (exact) mass is 226 g/mol. The molecule has 1 saturated carbocycles. The third-order valence-electron chi connectivity index (χ3n) is 3.07. The molecule has 0 bridgehead atoms. The zero-order chi connectivity index (χ0) is 11.6. The molecule has 1 atom stereocenters. The van der Waals surface area contributed by atoms with Crippen LogP contribution in [0.25, 0.3) is 0 Å². The van der Waals surface area contributed by atoms with Crippen LogP contribution in [0.1, 0.15) is 37.7 Å². The van der Waals surface area contributed by atoms with Crippen LogP contribution in [-0.4, -0.2) is 12.5 Å². The lowest BCUT2D eigenvalue weighted by Gasteiger charge is -2.11. The molecule has 1 aliphatic carbocycles. The van der Waals surface area contributed by atoms with Crippen LogP contribution in [0.5, 0.6) is 5.75 Å². The zero-order valence-electron chi connectivity index (χ0n) is 9.38. The smallest absolute Gasteiger partial charge is 0.248 e. The highest BCUT2D eigenvalue weighted by Crippen LogP contribution is 2.44. The molecule has 1 aromatic rings. The van der Waals surface area contributed by atoms with Crippen LogP contribution in [0.4, 0.5) is 8.78 Å². The summed E-state index contributed by atoms with van der Waals surface area (Å²) in [5.41, 5.74) is 1.00. The number of alkyl halides is 2. The van der Waals surface area contributed by atoms with Gasteiger partial charge in [-0.15, -0.1) is 0 Å². The second-order valence-corrected chi connectivity index (χ2v) is 4.30. The van der Waals surface area contributed by atoms with Crippen LogP contribution in [0, 0.1) is 0 Å². The minimum Gasteiger partial charge on any atom is -0.494 e. The SMILES string of the molecule is CCOc1ccc(C2CCC(F)(F)C2)cc1. The van der Waals surface area contributed by atoms with E-state index in [4.69, 9.17) is 4.74 Å². The number of rotatable bonds is 3. The molecule has 1 fully saturated rings. The maximum atomic E-state index is 13.1. The molecular weight excluding hydrogens is 210 g/mol. The van der Waals surface area contributed by atoms with Crippen LogP contribution in [0.3, 0.4) is 0 Å². The van der Waals surface area contributed by atoms with Crippen molar-refractivity contribution in [3.8, 4) is 5.75 Å². The lowest BCUT2D eigenvalue weighted by atomic mass is 9.97. The van der Waals surface area contributed by atoms with Crippen LogP contribution >= 0.6 is 0 Å². The second-order valence-electron chi connectivity index (χ2n) is 4.30. The predicted octanol–water partition coefficient (Wildman–Crippen LogP) is 3.99. The molecule has 88 valence electrons. The lowest BCUT2D eigenvalue weighted by Crippen LogP contribution is -2.09. The van der Waals surface area contributed by atoms with E-state index in [0.29, 0.717) is 13.0 Å². The van der Waals surface area contributed by atoms with Crippen molar-refractivity contribution in [2.75, 3.05) is 6.61 Å². The van der Waals surface area contributed by atoms with Crippen molar-refractivity contribution in [3.05, 3.63) is 29.8 Å². The molecule has 1 aliphatic rings. The van der Waals surface area contributed by atoms with E-state index in [1.165, 1.54) is 0 Å². The Kier molecular flexibility index (Phi) is 3.13. The van der Waals surface area contributed by atoms with Crippen molar-refractivity contribution in [1.29, 1.82) is 0 Å². The Morgan fingerprint density at radius 3 is 2.50 bits per heavy atom. The Hall–Kier alpha value is -1.12. The van der Waals surface area contributed by atoms with E-state index >= 15 is 0 Å². The average molecular weight is 226 g/mol. The van der Waals surface area contributed by atoms with E-state index in [9.17, 15) is 8.78 Å². The summed E-state index contributed by atoms with van der Waals surface area (Å²) in [6.45, 7) is 2.55. The van der Waals surface area contributed by atoms with E-state index in [1.807, 2.05) is 31.2 Å². The Morgan fingerprint density at radius 2 is 2.00 bits per heavy atom. The van der Waals surface area contributed by atoms with Crippen molar-refractivity contribution >= 4 is 0 Å². The van der Waals surface area contributed by atoms with Gasteiger partial charge in [-0.2, -0.15) is 0 Å². The molecule has 0 heterocycles. The first kappa shape index (κ1) is 11.4. The van der Waals surface area contributed by atoms with E-state index in [0.717, 1.165) is 11.3 Å². The third kappa shape index (κ3) is 2.52. The maximum Gasteiger partial charge on any atom is 0.248 e. The molecule has 3 heteroatoms. The van der Waals surface area contributed by atoms with Gasteiger partial charge in [0.05, 0.1) is 6.61 Å². The predicted molar refractivity (Wildman–Crippen MR) is 59.2 cm³/mol. The standard InChI is InChI=1S/C13H16F2O/c1-2-16-12-5-3-10(4-6-12)11-7-8-13(14,15)9-11/h3-6,11H,2,7-9H2,1H3. The molecule has 0 radical (unpaired) electrons. The van der Waals surface area contributed by atoms with Gasteiger partial charge < -0.3 is 4.74 Å². The highest BCUT2D eigenvalue weighted by molar-refractivity contribution is 5.30. The zero-order valence-corrected chi connectivity index (χ0v) is 9.38. The third-order valence-corrected chi connectivity index (χ3v) is 3.07. The Morgan fingerprint density at radius 1 is 1.31 bits per heavy atom. The van der Waals surface area contributed by atoms with Crippen molar-refractivity contribution in [1.82, 2.24) is 0 Å². The molecule has 0 spiro atoms. The minimum absolute atomic E-state index is 0.00526. The molecule has 0 N–H and O–H groups in total. The van der Waals surface area contributed by atoms with Crippen LogP contribution in [0.15, 0.2) is 24.3 Å². The fourth-order valence-corrected chi connectivity index (χ4v) is 2.24. The van der Waals surface area contributed by atoms with Crippen molar-refractivity contribution in [3.63, 3.8) is 0 Å². The molecule has 1 unspecified atom stereocenters. The second kappa shape index (κ2) is 4.40. The average Bonchev–Trinajstić information content (AvgIpc) is 2.61. The molecule has 0 amide bonds. The minimum atomic E-state index is -2.47. The van der Waals surface area contributed by atoms with E-state index in [-0.39, 0.29) is 18.8 Å². The first-order valence-electron chi connectivity index (χ1n) is 5.71. The summed E-state index contributed by atoms with van der Waals surface area (Å²) in [5, 5.41) is 0. The number of hydrogen-bond donors (Lipinski definition) is 0. The summed E-state index contributed by atoms with van der Waals surface area (Å²) in [6, 6.07) is 7.51. The summed E-state index contributed by atoms with van der Waals surface area (Å²) in [7, 11) is 0. The van der Waals surface area contributed by atoms with Gasteiger partial charge in [0.25, 0.3) is 0 Å². The Bertz CT molecular complexity index is 345. The fraction of sp³-hybridized carbons (Fsp3) is 0.538. The number of benzene rings is 1. The molecule has 2 rings (SSSR count). The van der Waals surface area contributed by atoms with Gasteiger partial charge in [-0.3, -0.25) is 0 Å². The van der Waals surface area contributed by atoms with Crippen LogP contribution in [-0.2, 0) is 0 Å². The molecule has 1 aromatic carbocycles. The maximum absolute atomic E-state index is 13.1. The van der Waals surface area contributed by atoms with Gasteiger partial charge in [0.15, 0.2) is 0 Å². The summed E-state index contributed by atoms with van der Waals surface area (Å²) in [4.78, 5) is 0. The van der Waals surface area contributed by atoms with E-state index < -0.39 is 5.92 Å². The first-order chi connectivity index (χ1) is 7.61. The Balaban J connectivity index is 2.05. The lowest BCUT2D eigenvalue weighted by molar-refractivity contribution is 0.00777. The Labute approximate surface area is 94.4 Å². The summed E-state index contributed by atoms with van der Waals surface area (Å²) < 4.78 is 31.4. The summed E-state index contributed by atoms with van der Waals surface area (Å²) in [6.07, 6.45) is 0.590. The van der Waals surface area contributed by atoms with Crippen LogP contribution in [0.2, 0.25) is 0 Å². The normalized spacial score (nSPS) is 23.3. The number of hydrogen-bond acceptors (Lipinski definition) is 1. The van der Waals surface area contributed by atoms with Gasteiger partial charge in [-0.05, 0) is 37.0 Å². The largest absolute Gasteiger partial charge is 0.494 e. The van der Waals surface area contributed by atoms with Crippen molar-refractivity contribution in [2.45, 2.75) is 38.0 Å². The number of halogens is 2. The van der Waals surface area contributed by atoms with Gasteiger partial charge in [-0.1, -0.05) is 12.1 Å². The molecule has 0 aliphatic heterocycles. The van der Waals surface area contributed by atoms with Crippen molar-refractivity contribution in [2.24, 2.45) is 0 Å². The van der Waals surface area contributed by atoms with Crippen LogP contribution < -0.4 is 4.74 Å².